The number of furan rings is 1. The van der Waals surface area contributed by atoms with Gasteiger partial charge in [0, 0.05) is 6.04 Å². The summed E-state index contributed by atoms with van der Waals surface area (Å²) in [6, 6.07) is 3.90. The molecule has 0 spiro atoms. The average Bonchev–Trinajstić information content (AvgIpc) is 3.50. The van der Waals surface area contributed by atoms with Crippen LogP contribution in [0, 0.1) is 17.8 Å². The molecule has 0 aliphatic heterocycles. The van der Waals surface area contributed by atoms with Gasteiger partial charge in [-0.1, -0.05) is 6.42 Å². The Morgan fingerprint density at radius 3 is 2.80 bits per heavy atom. The van der Waals surface area contributed by atoms with E-state index in [0.29, 0.717) is 16.4 Å². The van der Waals surface area contributed by atoms with E-state index in [9.17, 15) is 18.0 Å². The fourth-order valence-electron chi connectivity index (χ4n) is 5.17. The molecule has 6 nitrogen and oxygen atoms in total. The van der Waals surface area contributed by atoms with Gasteiger partial charge in [-0.3, -0.25) is 4.79 Å². The van der Waals surface area contributed by atoms with Crippen LogP contribution in [-0.2, 0) is 6.18 Å². The average molecular weight is 418 g/mol. The van der Waals surface area contributed by atoms with E-state index < -0.39 is 17.8 Å². The van der Waals surface area contributed by atoms with Crippen molar-refractivity contribution in [3.8, 4) is 11.5 Å². The number of carbonyl (C=O) groups is 1. The van der Waals surface area contributed by atoms with Gasteiger partial charge in [-0.15, -0.1) is 0 Å². The molecule has 2 aliphatic carbocycles. The van der Waals surface area contributed by atoms with Gasteiger partial charge in [-0.2, -0.15) is 18.3 Å². The molecule has 5 rings (SSSR count). The number of halogens is 3. The van der Waals surface area contributed by atoms with Gasteiger partial charge in [-0.05, 0) is 62.1 Å². The molecule has 2 aliphatic rings. The monoisotopic (exact) mass is 418 g/mol. The second-order valence-corrected chi connectivity index (χ2v) is 8.40. The predicted molar refractivity (Wildman–Crippen MR) is 102 cm³/mol. The molecule has 30 heavy (non-hydrogen) atoms. The smallest absolute Gasteiger partial charge is 0.433 e. The Kier molecular flexibility index (Phi) is 4.37. The molecule has 9 heteroatoms. The Labute approximate surface area is 170 Å². The lowest BCUT2D eigenvalue weighted by atomic mass is 9.84. The van der Waals surface area contributed by atoms with Gasteiger partial charge in [0.05, 0.1) is 12.5 Å². The van der Waals surface area contributed by atoms with Crippen LogP contribution in [0.15, 0.2) is 35.1 Å². The van der Waals surface area contributed by atoms with Crippen LogP contribution in [0.25, 0.3) is 17.1 Å². The Bertz CT molecular complexity index is 1090. The van der Waals surface area contributed by atoms with Gasteiger partial charge < -0.3 is 9.73 Å². The SMILES string of the molecule is C[C@@H](NC(=O)c1cnn2c(C(F)(F)F)cc(-c3ccco3)nc12)[C@@H]1C[C@H]2CC[C@H]1C2. The molecule has 158 valence electrons. The summed E-state index contributed by atoms with van der Waals surface area (Å²) in [6.45, 7) is 1.97. The molecular formula is C21H21F3N4O2. The van der Waals surface area contributed by atoms with Crippen LogP contribution < -0.4 is 5.32 Å². The van der Waals surface area contributed by atoms with Gasteiger partial charge in [0.25, 0.3) is 5.91 Å². The fourth-order valence-corrected chi connectivity index (χ4v) is 5.17. The van der Waals surface area contributed by atoms with Crippen molar-refractivity contribution >= 4 is 11.6 Å². The molecule has 1 N–H and O–H groups in total. The molecule has 0 radical (unpaired) electrons. The summed E-state index contributed by atoms with van der Waals surface area (Å²) < 4.78 is 46.8. The lowest BCUT2D eigenvalue weighted by molar-refractivity contribution is -0.142. The maximum atomic E-state index is 13.6. The van der Waals surface area contributed by atoms with Crippen LogP contribution in [-0.4, -0.2) is 26.5 Å². The standard InChI is InChI=1S/C21H21F3N4O2/c1-11(14-8-12-4-5-13(14)7-12)26-20(29)15-10-25-28-18(21(22,23)24)9-16(27-19(15)28)17-3-2-6-30-17/h2-3,6,9-14H,4-5,7-8H2,1H3,(H,26,29)/t11-,12+,13+,14+/m1/s1. The molecule has 2 saturated carbocycles. The third-order valence-corrected chi connectivity index (χ3v) is 6.57. The number of aromatic nitrogens is 3. The number of hydrogen-bond donors (Lipinski definition) is 1. The van der Waals surface area contributed by atoms with E-state index in [1.54, 1.807) is 6.07 Å². The van der Waals surface area contributed by atoms with E-state index in [0.717, 1.165) is 24.6 Å². The molecule has 2 bridgehead atoms. The molecule has 3 aromatic heterocycles. The van der Waals surface area contributed by atoms with Crippen molar-refractivity contribution in [2.45, 2.75) is 44.8 Å². The van der Waals surface area contributed by atoms with Crippen LogP contribution in [0.5, 0.6) is 0 Å². The van der Waals surface area contributed by atoms with Crippen molar-refractivity contribution in [2.24, 2.45) is 17.8 Å². The maximum Gasteiger partial charge on any atom is 0.433 e. The Morgan fingerprint density at radius 2 is 2.17 bits per heavy atom. The molecular weight excluding hydrogens is 397 g/mol. The molecule has 4 atom stereocenters. The van der Waals surface area contributed by atoms with E-state index >= 15 is 0 Å². The molecule has 3 heterocycles. The van der Waals surface area contributed by atoms with Crippen molar-refractivity contribution in [3.05, 3.63) is 41.9 Å². The molecule has 0 saturated heterocycles. The van der Waals surface area contributed by atoms with E-state index in [1.165, 1.54) is 31.6 Å². The van der Waals surface area contributed by atoms with Crippen molar-refractivity contribution < 1.29 is 22.4 Å². The van der Waals surface area contributed by atoms with E-state index in [-0.39, 0.29) is 28.7 Å². The van der Waals surface area contributed by atoms with Gasteiger partial charge in [0.15, 0.2) is 17.1 Å². The highest BCUT2D eigenvalue weighted by molar-refractivity contribution is 6.00. The topological polar surface area (TPSA) is 72.4 Å². The summed E-state index contributed by atoms with van der Waals surface area (Å²) in [5.74, 6) is 1.49. The van der Waals surface area contributed by atoms with E-state index in [4.69, 9.17) is 4.42 Å². The second-order valence-electron chi connectivity index (χ2n) is 8.40. The summed E-state index contributed by atoms with van der Waals surface area (Å²) in [5, 5.41) is 6.79. The maximum absolute atomic E-state index is 13.6. The van der Waals surface area contributed by atoms with Crippen LogP contribution in [0.3, 0.4) is 0 Å². The Morgan fingerprint density at radius 1 is 1.33 bits per heavy atom. The third kappa shape index (κ3) is 3.16. The lowest BCUT2D eigenvalue weighted by Crippen LogP contribution is -2.40. The summed E-state index contributed by atoms with van der Waals surface area (Å²) in [7, 11) is 0. The minimum atomic E-state index is -4.67. The predicted octanol–water partition coefficient (Wildman–Crippen LogP) is 4.56. The van der Waals surface area contributed by atoms with E-state index in [2.05, 4.69) is 15.4 Å². The molecule has 3 aromatic rings. The highest BCUT2D eigenvalue weighted by Crippen LogP contribution is 2.49. The van der Waals surface area contributed by atoms with Gasteiger partial charge in [0.2, 0.25) is 0 Å². The summed E-state index contributed by atoms with van der Waals surface area (Å²) >= 11 is 0. The number of nitrogens with one attached hydrogen (secondary N) is 1. The zero-order valence-electron chi connectivity index (χ0n) is 16.3. The number of nitrogens with zero attached hydrogens (tertiary/aromatic N) is 3. The molecule has 0 unspecified atom stereocenters. The highest BCUT2D eigenvalue weighted by atomic mass is 19.4. The van der Waals surface area contributed by atoms with Crippen LogP contribution in [0.1, 0.15) is 48.7 Å². The molecule has 2 fully saturated rings. The molecule has 0 aromatic carbocycles. The zero-order valence-corrected chi connectivity index (χ0v) is 16.3. The van der Waals surface area contributed by atoms with Gasteiger partial charge in [0.1, 0.15) is 11.3 Å². The highest BCUT2D eigenvalue weighted by Gasteiger charge is 2.42. The van der Waals surface area contributed by atoms with Crippen molar-refractivity contribution in [3.63, 3.8) is 0 Å². The van der Waals surface area contributed by atoms with Crippen molar-refractivity contribution in [1.82, 2.24) is 19.9 Å². The fraction of sp³-hybridized carbons (Fsp3) is 0.476. The van der Waals surface area contributed by atoms with Crippen LogP contribution in [0.4, 0.5) is 13.2 Å². The number of amides is 1. The van der Waals surface area contributed by atoms with Gasteiger partial charge in [-0.25, -0.2) is 9.50 Å². The number of hydrogen-bond acceptors (Lipinski definition) is 4. The first-order valence-electron chi connectivity index (χ1n) is 10.1. The minimum absolute atomic E-state index is 0.00414. The first-order chi connectivity index (χ1) is 14.3. The summed E-state index contributed by atoms with van der Waals surface area (Å²) in [5.41, 5.74) is -1.15. The lowest BCUT2D eigenvalue weighted by Gasteiger charge is -2.28. The number of fused-ring (bicyclic) bond motifs is 3. The summed E-state index contributed by atoms with van der Waals surface area (Å²) in [4.78, 5) is 17.2. The van der Waals surface area contributed by atoms with Crippen LogP contribution in [0.2, 0.25) is 0 Å². The number of carbonyl (C=O) groups excluding carboxylic acids is 1. The van der Waals surface area contributed by atoms with Crippen molar-refractivity contribution in [2.75, 3.05) is 0 Å². The second kappa shape index (κ2) is 6.85. The number of alkyl halides is 3. The zero-order chi connectivity index (χ0) is 21.0. The van der Waals surface area contributed by atoms with Crippen molar-refractivity contribution in [1.29, 1.82) is 0 Å². The first-order valence-corrected chi connectivity index (χ1v) is 10.1. The largest absolute Gasteiger partial charge is 0.463 e. The minimum Gasteiger partial charge on any atom is -0.463 e. The van der Waals surface area contributed by atoms with Crippen LogP contribution >= 0.6 is 0 Å². The van der Waals surface area contributed by atoms with Gasteiger partial charge >= 0.3 is 6.18 Å². The van der Waals surface area contributed by atoms with E-state index in [1.807, 2.05) is 6.92 Å². The Hall–Kier alpha value is -2.84. The molecule has 1 amide bonds. The summed E-state index contributed by atoms with van der Waals surface area (Å²) in [6.07, 6.45) is 2.59. The number of rotatable bonds is 4. The Balaban J connectivity index is 1.50. The third-order valence-electron chi connectivity index (χ3n) is 6.57. The normalized spacial score (nSPS) is 24.5. The quantitative estimate of drug-likeness (QED) is 0.674. The first kappa shape index (κ1) is 19.1.